The highest BCUT2D eigenvalue weighted by Crippen LogP contribution is 2.26. The number of carbonyl (C=O) groups excluding carboxylic acids is 2. The lowest BCUT2D eigenvalue weighted by molar-refractivity contribution is -0.140. The molecule has 0 aromatic heterocycles. The van der Waals surface area contributed by atoms with Gasteiger partial charge in [-0.3, -0.25) is 13.9 Å². The van der Waals surface area contributed by atoms with Gasteiger partial charge < -0.3 is 10.2 Å². The van der Waals surface area contributed by atoms with Gasteiger partial charge in [0.25, 0.3) is 10.0 Å². The number of nitrogens with zero attached hydrogens (tertiary/aromatic N) is 2. The molecular formula is C31H35FIN3O4S. The zero-order valence-corrected chi connectivity index (χ0v) is 26.0. The van der Waals surface area contributed by atoms with Crippen molar-refractivity contribution >= 4 is 50.1 Å². The van der Waals surface area contributed by atoms with E-state index in [1.54, 1.807) is 54.6 Å². The molecule has 1 saturated carbocycles. The largest absolute Gasteiger partial charge is 0.352 e. The summed E-state index contributed by atoms with van der Waals surface area (Å²) in [5, 5.41) is 3.12. The average molecular weight is 692 g/mol. The first-order valence-electron chi connectivity index (χ1n) is 13.9. The fourth-order valence-corrected chi connectivity index (χ4v) is 6.90. The molecule has 1 N–H and O–H groups in total. The summed E-state index contributed by atoms with van der Waals surface area (Å²) < 4.78 is 43.3. The van der Waals surface area contributed by atoms with Gasteiger partial charge in [0.1, 0.15) is 18.4 Å². The van der Waals surface area contributed by atoms with Crippen molar-refractivity contribution in [2.45, 2.75) is 69.0 Å². The average Bonchev–Trinajstić information content (AvgIpc) is 2.98. The van der Waals surface area contributed by atoms with Crippen molar-refractivity contribution in [3.05, 3.63) is 93.8 Å². The first kappa shape index (κ1) is 31.0. The third-order valence-electron chi connectivity index (χ3n) is 7.33. The van der Waals surface area contributed by atoms with Crippen LogP contribution in [0.3, 0.4) is 0 Å². The maximum atomic E-state index is 14.1. The van der Waals surface area contributed by atoms with E-state index in [-0.39, 0.29) is 23.4 Å². The Balaban J connectivity index is 1.68. The fraction of sp³-hybridized carbons (Fsp3) is 0.355. The topological polar surface area (TPSA) is 86.8 Å². The SMILES string of the molecule is CC[C@@H](C(=O)NC1CCCCC1)N(Cc1ccc(F)cc1)C(=O)CN(c1ccc(I)cc1)S(=O)(=O)c1ccccc1. The summed E-state index contributed by atoms with van der Waals surface area (Å²) in [6.07, 6.45) is 5.35. The molecular weight excluding hydrogens is 656 g/mol. The Hall–Kier alpha value is -2.99. The van der Waals surface area contributed by atoms with Crippen molar-refractivity contribution in [3.8, 4) is 0 Å². The molecule has 0 spiro atoms. The Morgan fingerprint density at radius 1 is 0.951 bits per heavy atom. The summed E-state index contributed by atoms with van der Waals surface area (Å²) in [7, 11) is -4.12. The zero-order chi connectivity index (χ0) is 29.4. The predicted molar refractivity (Wildman–Crippen MR) is 166 cm³/mol. The highest BCUT2D eigenvalue weighted by atomic mass is 127. The van der Waals surface area contributed by atoms with Crippen LogP contribution in [0.1, 0.15) is 51.0 Å². The van der Waals surface area contributed by atoms with E-state index < -0.39 is 34.3 Å². The van der Waals surface area contributed by atoms with Gasteiger partial charge in [0.15, 0.2) is 0 Å². The molecule has 3 aromatic carbocycles. The Labute approximate surface area is 255 Å². The third kappa shape index (κ3) is 8.06. The highest BCUT2D eigenvalue weighted by molar-refractivity contribution is 14.1. The van der Waals surface area contributed by atoms with E-state index in [4.69, 9.17) is 0 Å². The van der Waals surface area contributed by atoms with Gasteiger partial charge in [-0.25, -0.2) is 12.8 Å². The minimum absolute atomic E-state index is 0.0294. The lowest BCUT2D eigenvalue weighted by atomic mass is 9.95. The van der Waals surface area contributed by atoms with Gasteiger partial charge >= 0.3 is 0 Å². The first-order valence-corrected chi connectivity index (χ1v) is 16.4. The van der Waals surface area contributed by atoms with Crippen LogP contribution in [0.4, 0.5) is 10.1 Å². The molecule has 1 fully saturated rings. The third-order valence-corrected chi connectivity index (χ3v) is 9.84. The maximum absolute atomic E-state index is 14.1. The van der Waals surface area contributed by atoms with Crippen LogP contribution in [0, 0.1) is 9.39 Å². The molecule has 41 heavy (non-hydrogen) atoms. The number of amides is 2. The van der Waals surface area contributed by atoms with Gasteiger partial charge in [0.2, 0.25) is 11.8 Å². The molecule has 0 radical (unpaired) electrons. The van der Waals surface area contributed by atoms with Gasteiger partial charge in [-0.05, 0) is 95.9 Å². The zero-order valence-electron chi connectivity index (χ0n) is 23.0. The summed E-state index contributed by atoms with van der Waals surface area (Å²) in [5.41, 5.74) is 0.972. The molecule has 2 amide bonds. The molecule has 4 rings (SSSR count). The maximum Gasteiger partial charge on any atom is 0.264 e. The van der Waals surface area contributed by atoms with Crippen molar-refractivity contribution in [1.82, 2.24) is 10.2 Å². The van der Waals surface area contributed by atoms with Gasteiger partial charge in [-0.1, -0.05) is 56.5 Å². The van der Waals surface area contributed by atoms with Crippen molar-refractivity contribution in [3.63, 3.8) is 0 Å². The molecule has 0 aliphatic heterocycles. The monoisotopic (exact) mass is 691 g/mol. The molecule has 218 valence electrons. The van der Waals surface area contributed by atoms with Crippen LogP contribution in [-0.4, -0.2) is 43.8 Å². The fourth-order valence-electron chi connectivity index (χ4n) is 5.11. The molecule has 1 aliphatic carbocycles. The summed E-state index contributed by atoms with van der Waals surface area (Å²) in [6.45, 7) is 1.35. The Morgan fingerprint density at radius 3 is 2.20 bits per heavy atom. The molecule has 0 heterocycles. The summed E-state index contributed by atoms with van der Waals surface area (Å²) in [6, 6.07) is 19.8. The lowest BCUT2D eigenvalue weighted by Crippen LogP contribution is -2.54. The van der Waals surface area contributed by atoms with Crippen LogP contribution < -0.4 is 9.62 Å². The van der Waals surface area contributed by atoms with E-state index in [2.05, 4.69) is 27.9 Å². The van der Waals surface area contributed by atoms with Gasteiger partial charge in [-0.2, -0.15) is 0 Å². The molecule has 1 aliphatic rings. The molecule has 0 unspecified atom stereocenters. The minimum atomic E-state index is -4.12. The standard InChI is InChI=1S/C31H35FIN3O4S/c1-2-29(31(38)34-26-9-5-3-6-10-26)35(21-23-13-15-24(32)16-14-23)30(37)22-36(27-19-17-25(33)18-20-27)41(39,40)28-11-7-4-8-12-28/h4,7-8,11-20,26,29H,2-3,5-6,9-10,21-22H2,1H3,(H,34,38)/t29-/m0/s1. The van der Waals surface area contributed by atoms with Crippen LogP contribution in [-0.2, 0) is 26.2 Å². The van der Waals surface area contributed by atoms with Crippen molar-refractivity contribution in [1.29, 1.82) is 0 Å². The van der Waals surface area contributed by atoms with E-state index in [9.17, 15) is 22.4 Å². The molecule has 3 aromatic rings. The van der Waals surface area contributed by atoms with E-state index in [1.165, 1.54) is 29.2 Å². The first-order chi connectivity index (χ1) is 19.7. The second kappa shape index (κ2) is 14.3. The van der Waals surface area contributed by atoms with Crippen molar-refractivity contribution in [2.75, 3.05) is 10.8 Å². The quantitative estimate of drug-likeness (QED) is 0.255. The molecule has 7 nitrogen and oxygen atoms in total. The van der Waals surface area contributed by atoms with Crippen molar-refractivity contribution < 1.29 is 22.4 Å². The second-order valence-electron chi connectivity index (χ2n) is 10.2. The minimum Gasteiger partial charge on any atom is -0.352 e. The predicted octanol–water partition coefficient (Wildman–Crippen LogP) is 5.88. The lowest BCUT2D eigenvalue weighted by Gasteiger charge is -2.34. The highest BCUT2D eigenvalue weighted by Gasteiger charge is 2.34. The van der Waals surface area contributed by atoms with Crippen LogP contribution >= 0.6 is 22.6 Å². The Morgan fingerprint density at radius 2 is 1.59 bits per heavy atom. The number of hydrogen-bond acceptors (Lipinski definition) is 4. The van der Waals surface area contributed by atoms with Crippen LogP contribution in [0.2, 0.25) is 0 Å². The Kier molecular flexibility index (Phi) is 10.8. The molecule has 0 bridgehead atoms. The number of carbonyl (C=O) groups is 2. The van der Waals surface area contributed by atoms with Gasteiger partial charge in [-0.15, -0.1) is 0 Å². The number of hydrogen-bond donors (Lipinski definition) is 1. The van der Waals surface area contributed by atoms with E-state index >= 15 is 0 Å². The van der Waals surface area contributed by atoms with E-state index in [1.807, 2.05) is 6.92 Å². The van der Waals surface area contributed by atoms with Crippen LogP contribution in [0.15, 0.2) is 83.8 Å². The number of rotatable bonds is 11. The van der Waals surface area contributed by atoms with E-state index in [0.717, 1.165) is 40.0 Å². The number of benzene rings is 3. The van der Waals surface area contributed by atoms with Crippen LogP contribution in [0.25, 0.3) is 0 Å². The van der Waals surface area contributed by atoms with Crippen molar-refractivity contribution in [2.24, 2.45) is 0 Å². The number of sulfonamides is 1. The summed E-state index contributed by atoms with van der Waals surface area (Å²) >= 11 is 2.13. The normalized spacial score (nSPS) is 14.7. The van der Waals surface area contributed by atoms with Crippen LogP contribution in [0.5, 0.6) is 0 Å². The smallest absolute Gasteiger partial charge is 0.264 e. The number of anilines is 1. The molecule has 1 atom stereocenters. The second-order valence-corrected chi connectivity index (χ2v) is 13.3. The Bertz CT molecular complexity index is 1410. The van der Waals surface area contributed by atoms with Gasteiger partial charge in [0, 0.05) is 16.2 Å². The summed E-state index contributed by atoms with van der Waals surface area (Å²) in [5.74, 6) is -1.20. The van der Waals surface area contributed by atoms with Gasteiger partial charge in [0.05, 0.1) is 10.6 Å². The summed E-state index contributed by atoms with van der Waals surface area (Å²) in [4.78, 5) is 29.1. The molecule has 0 saturated heterocycles. The number of halogens is 2. The number of nitrogens with one attached hydrogen (secondary N) is 1. The van der Waals surface area contributed by atoms with E-state index in [0.29, 0.717) is 17.7 Å². The molecule has 10 heteroatoms.